The zero-order valence-electron chi connectivity index (χ0n) is 10.7. The van der Waals surface area contributed by atoms with Crippen molar-refractivity contribution in [1.29, 1.82) is 0 Å². The summed E-state index contributed by atoms with van der Waals surface area (Å²) in [6.45, 7) is 4.24. The lowest BCUT2D eigenvalue weighted by atomic mass is 9.72. The predicted octanol–water partition coefficient (Wildman–Crippen LogP) is 3.10. The van der Waals surface area contributed by atoms with Crippen LogP contribution < -0.4 is 5.73 Å². The van der Waals surface area contributed by atoms with E-state index in [1.54, 1.807) is 0 Å². The van der Waals surface area contributed by atoms with E-state index in [4.69, 9.17) is 10.5 Å². The Morgan fingerprint density at radius 1 is 1.25 bits per heavy atom. The van der Waals surface area contributed by atoms with E-state index in [1.165, 1.54) is 51.4 Å². The molecule has 0 bridgehead atoms. The molecule has 2 aliphatic rings. The Bertz CT molecular complexity index is 205. The van der Waals surface area contributed by atoms with Gasteiger partial charge in [-0.1, -0.05) is 19.8 Å². The van der Waals surface area contributed by atoms with E-state index in [0.717, 1.165) is 19.1 Å². The number of ether oxygens (including phenoxy) is 1. The minimum Gasteiger partial charge on any atom is -0.381 e. The summed E-state index contributed by atoms with van der Waals surface area (Å²) in [7, 11) is 0. The molecule has 0 aromatic rings. The van der Waals surface area contributed by atoms with Crippen molar-refractivity contribution in [2.24, 2.45) is 17.1 Å². The summed E-state index contributed by atoms with van der Waals surface area (Å²) in [5.41, 5.74) is 7.00. The molecule has 1 heterocycles. The Morgan fingerprint density at radius 2 is 1.88 bits per heavy atom. The van der Waals surface area contributed by atoms with Gasteiger partial charge in [0.25, 0.3) is 0 Å². The summed E-state index contributed by atoms with van der Waals surface area (Å²) < 4.78 is 5.42. The molecule has 0 radical (unpaired) electrons. The fraction of sp³-hybridized carbons (Fsp3) is 1.00. The van der Waals surface area contributed by atoms with Gasteiger partial charge in [-0.15, -0.1) is 0 Å². The van der Waals surface area contributed by atoms with Crippen molar-refractivity contribution < 1.29 is 4.74 Å². The molecule has 0 spiro atoms. The number of hydrogen-bond donors (Lipinski definition) is 1. The fourth-order valence-corrected chi connectivity index (χ4v) is 3.66. The van der Waals surface area contributed by atoms with Crippen molar-refractivity contribution >= 4 is 0 Å². The molecule has 1 unspecified atom stereocenters. The van der Waals surface area contributed by atoms with Gasteiger partial charge in [0.05, 0.1) is 0 Å². The smallest absolute Gasteiger partial charge is 0.0468 e. The monoisotopic (exact) mass is 225 g/mol. The Balaban J connectivity index is 1.87. The third-order valence-electron chi connectivity index (χ3n) is 5.02. The van der Waals surface area contributed by atoms with E-state index in [9.17, 15) is 0 Å². The van der Waals surface area contributed by atoms with Crippen molar-refractivity contribution in [3.63, 3.8) is 0 Å². The van der Waals surface area contributed by atoms with Gasteiger partial charge in [-0.3, -0.25) is 0 Å². The molecule has 1 aliphatic heterocycles. The molecule has 0 aromatic carbocycles. The summed E-state index contributed by atoms with van der Waals surface area (Å²) in [4.78, 5) is 0. The first-order valence-electron chi connectivity index (χ1n) is 7.10. The average molecular weight is 225 g/mol. The highest BCUT2D eigenvalue weighted by atomic mass is 16.5. The van der Waals surface area contributed by atoms with Gasteiger partial charge in [-0.25, -0.2) is 0 Å². The Labute approximate surface area is 99.9 Å². The van der Waals surface area contributed by atoms with E-state index < -0.39 is 0 Å². The lowest BCUT2D eigenvalue weighted by Gasteiger charge is -2.37. The molecule has 1 saturated heterocycles. The van der Waals surface area contributed by atoms with Crippen LogP contribution in [0.2, 0.25) is 0 Å². The van der Waals surface area contributed by atoms with Gasteiger partial charge < -0.3 is 10.5 Å². The molecule has 1 atom stereocenters. The van der Waals surface area contributed by atoms with Crippen LogP contribution in [0.5, 0.6) is 0 Å². The molecular formula is C14H27NO. The van der Waals surface area contributed by atoms with Gasteiger partial charge in [0.15, 0.2) is 0 Å². The minimum atomic E-state index is 0.433. The molecule has 16 heavy (non-hydrogen) atoms. The highest BCUT2D eigenvalue weighted by Gasteiger charge is 2.38. The normalized spacial score (nSPS) is 28.1. The highest BCUT2D eigenvalue weighted by Crippen LogP contribution is 2.45. The van der Waals surface area contributed by atoms with E-state index in [2.05, 4.69) is 6.92 Å². The fourth-order valence-electron chi connectivity index (χ4n) is 3.66. The minimum absolute atomic E-state index is 0.433. The van der Waals surface area contributed by atoms with Crippen molar-refractivity contribution in [1.82, 2.24) is 0 Å². The van der Waals surface area contributed by atoms with Crippen LogP contribution in [0.3, 0.4) is 0 Å². The van der Waals surface area contributed by atoms with Gasteiger partial charge >= 0.3 is 0 Å². The van der Waals surface area contributed by atoms with Crippen LogP contribution in [0.15, 0.2) is 0 Å². The predicted molar refractivity (Wildman–Crippen MR) is 67.3 cm³/mol. The lowest BCUT2D eigenvalue weighted by Crippen LogP contribution is -2.41. The first-order valence-corrected chi connectivity index (χ1v) is 7.10. The van der Waals surface area contributed by atoms with E-state index in [0.29, 0.717) is 11.5 Å². The molecule has 2 heteroatoms. The summed E-state index contributed by atoms with van der Waals surface area (Å²) in [6.07, 6.45) is 10.5. The topological polar surface area (TPSA) is 35.2 Å². The Morgan fingerprint density at radius 3 is 2.44 bits per heavy atom. The van der Waals surface area contributed by atoms with E-state index in [1.807, 2.05) is 0 Å². The second-order valence-electron chi connectivity index (χ2n) is 5.82. The zero-order chi connectivity index (χ0) is 11.4. The van der Waals surface area contributed by atoms with Gasteiger partial charge in [-0.2, -0.15) is 0 Å². The molecule has 2 fully saturated rings. The van der Waals surface area contributed by atoms with Crippen LogP contribution in [0.4, 0.5) is 0 Å². The summed E-state index contributed by atoms with van der Waals surface area (Å²) in [6, 6.07) is 0.433. The second-order valence-corrected chi connectivity index (χ2v) is 5.82. The van der Waals surface area contributed by atoms with Gasteiger partial charge in [0, 0.05) is 19.3 Å². The molecule has 1 saturated carbocycles. The van der Waals surface area contributed by atoms with Crippen LogP contribution in [-0.4, -0.2) is 19.3 Å². The number of rotatable bonds is 4. The molecule has 94 valence electrons. The number of hydrogen-bond acceptors (Lipinski definition) is 2. The lowest BCUT2D eigenvalue weighted by molar-refractivity contribution is 0.0540. The molecule has 2 N–H and O–H groups in total. The Hall–Kier alpha value is -0.0800. The molecular weight excluding hydrogens is 198 g/mol. The Kier molecular flexibility index (Phi) is 4.26. The molecule has 1 aliphatic carbocycles. The van der Waals surface area contributed by atoms with Crippen LogP contribution >= 0.6 is 0 Å². The third-order valence-corrected chi connectivity index (χ3v) is 5.02. The van der Waals surface area contributed by atoms with Crippen molar-refractivity contribution in [3.8, 4) is 0 Å². The summed E-state index contributed by atoms with van der Waals surface area (Å²) >= 11 is 0. The van der Waals surface area contributed by atoms with E-state index >= 15 is 0 Å². The SMILES string of the molecule is CCC1(C(N)CC2CCOCC2)CCCC1. The summed E-state index contributed by atoms with van der Waals surface area (Å²) in [5.74, 6) is 0.827. The van der Waals surface area contributed by atoms with Gasteiger partial charge in [0.2, 0.25) is 0 Å². The van der Waals surface area contributed by atoms with Crippen LogP contribution in [-0.2, 0) is 4.74 Å². The van der Waals surface area contributed by atoms with Crippen molar-refractivity contribution in [2.45, 2.75) is 64.3 Å². The zero-order valence-corrected chi connectivity index (χ0v) is 10.7. The third kappa shape index (κ3) is 2.60. The van der Waals surface area contributed by atoms with Gasteiger partial charge in [0.1, 0.15) is 0 Å². The standard InChI is InChI=1S/C14H27NO/c1-2-14(7-3-4-8-14)13(15)11-12-5-9-16-10-6-12/h12-13H,2-11,15H2,1H3. The maximum atomic E-state index is 6.51. The molecule has 0 amide bonds. The summed E-state index contributed by atoms with van der Waals surface area (Å²) in [5, 5.41) is 0. The first kappa shape index (κ1) is 12.4. The molecule has 2 rings (SSSR count). The van der Waals surface area contributed by atoms with Gasteiger partial charge in [-0.05, 0) is 49.9 Å². The average Bonchev–Trinajstić information content (AvgIpc) is 2.80. The number of nitrogens with two attached hydrogens (primary N) is 1. The largest absolute Gasteiger partial charge is 0.381 e. The molecule has 2 nitrogen and oxygen atoms in total. The maximum absolute atomic E-state index is 6.51. The second kappa shape index (κ2) is 5.50. The highest BCUT2D eigenvalue weighted by molar-refractivity contribution is 4.93. The van der Waals surface area contributed by atoms with Crippen LogP contribution in [0.1, 0.15) is 58.3 Å². The molecule has 0 aromatic heterocycles. The quantitative estimate of drug-likeness (QED) is 0.798. The van der Waals surface area contributed by atoms with E-state index in [-0.39, 0.29) is 0 Å². The maximum Gasteiger partial charge on any atom is 0.0468 e. The first-order chi connectivity index (χ1) is 7.77. The van der Waals surface area contributed by atoms with Crippen LogP contribution in [0.25, 0.3) is 0 Å². The van der Waals surface area contributed by atoms with Crippen LogP contribution in [0, 0.1) is 11.3 Å². The van der Waals surface area contributed by atoms with Crippen molar-refractivity contribution in [3.05, 3.63) is 0 Å². The van der Waals surface area contributed by atoms with Crippen molar-refractivity contribution in [2.75, 3.05) is 13.2 Å².